The van der Waals surface area contributed by atoms with Crippen LogP contribution >= 0.6 is 0 Å². The molecule has 2 aromatic rings. The summed E-state index contributed by atoms with van der Waals surface area (Å²) in [4.78, 5) is 28.8. The maximum absolute atomic E-state index is 12.6. The third-order valence-electron chi connectivity index (χ3n) is 4.69. The number of halogens is 3. The first-order valence-corrected chi connectivity index (χ1v) is 9.53. The van der Waals surface area contributed by atoms with Gasteiger partial charge in [0, 0.05) is 44.6 Å². The molecule has 1 aromatic carbocycles. The summed E-state index contributed by atoms with van der Waals surface area (Å²) in [5.41, 5.74) is -0.923. The molecule has 8 nitrogen and oxygen atoms in total. The number of morpholine rings is 1. The van der Waals surface area contributed by atoms with Crippen molar-refractivity contribution in [2.24, 2.45) is 0 Å². The van der Waals surface area contributed by atoms with Gasteiger partial charge in [0.05, 0.1) is 18.8 Å². The zero-order chi connectivity index (χ0) is 21.6. The number of carbonyl (C=O) groups excluding carboxylic acids is 1. The van der Waals surface area contributed by atoms with Gasteiger partial charge in [-0.2, -0.15) is 13.2 Å². The molecular weight excluding hydrogens is 403 g/mol. The van der Waals surface area contributed by atoms with Crippen molar-refractivity contribution in [3.05, 3.63) is 45.9 Å². The molecule has 0 unspecified atom stereocenters. The van der Waals surface area contributed by atoms with Crippen molar-refractivity contribution in [2.75, 3.05) is 39.4 Å². The van der Waals surface area contributed by atoms with Crippen LogP contribution in [0.5, 0.6) is 0 Å². The number of aromatic amines is 1. The summed E-state index contributed by atoms with van der Waals surface area (Å²) in [6, 6.07) is 4.24. The van der Waals surface area contributed by atoms with Gasteiger partial charge in [0.15, 0.2) is 5.82 Å². The Kier molecular flexibility index (Phi) is 7.16. The summed E-state index contributed by atoms with van der Waals surface area (Å²) in [7, 11) is 0. The molecule has 0 radical (unpaired) electrons. The smallest absolute Gasteiger partial charge is 0.379 e. The highest BCUT2D eigenvalue weighted by molar-refractivity contribution is 5.76. The number of rotatable bonds is 7. The number of nitrogens with one attached hydrogen (secondary N) is 2. The van der Waals surface area contributed by atoms with Gasteiger partial charge in [0.25, 0.3) is 5.56 Å². The second-order valence-corrected chi connectivity index (χ2v) is 6.83. The lowest BCUT2D eigenvalue weighted by molar-refractivity contribution is -0.137. The molecule has 30 heavy (non-hydrogen) atoms. The quantitative estimate of drug-likeness (QED) is 0.692. The first-order valence-electron chi connectivity index (χ1n) is 9.53. The SMILES string of the molecule is O=C(CCc1nnc(-c2ccc(C(F)(F)F)cc2)[nH]c1=O)NCCN1CCOCC1. The van der Waals surface area contributed by atoms with Crippen molar-refractivity contribution in [3.63, 3.8) is 0 Å². The van der Waals surface area contributed by atoms with E-state index in [-0.39, 0.29) is 30.3 Å². The van der Waals surface area contributed by atoms with E-state index in [1.807, 2.05) is 0 Å². The van der Waals surface area contributed by atoms with Crippen LogP contribution in [-0.4, -0.2) is 65.4 Å². The Morgan fingerprint density at radius 3 is 2.50 bits per heavy atom. The first kappa shape index (κ1) is 21.9. The summed E-state index contributed by atoms with van der Waals surface area (Å²) >= 11 is 0. The fourth-order valence-electron chi connectivity index (χ4n) is 2.97. The Hall–Kier alpha value is -2.79. The van der Waals surface area contributed by atoms with Crippen LogP contribution in [0.2, 0.25) is 0 Å². The van der Waals surface area contributed by atoms with E-state index in [9.17, 15) is 22.8 Å². The number of hydrogen-bond acceptors (Lipinski definition) is 6. The molecule has 1 amide bonds. The van der Waals surface area contributed by atoms with E-state index in [0.717, 1.165) is 31.8 Å². The van der Waals surface area contributed by atoms with Crippen molar-refractivity contribution >= 4 is 5.91 Å². The molecule has 0 aliphatic carbocycles. The van der Waals surface area contributed by atoms with E-state index >= 15 is 0 Å². The van der Waals surface area contributed by atoms with Crippen LogP contribution < -0.4 is 10.9 Å². The number of hydrogen-bond donors (Lipinski definition) is 2. The number of H-pyrrole nitrogens is 1. The maximum Gasteiger partial charge on any atom is 0.416 e. The molecule has 162 valence electrons. The van der Waals surface area contributed by atoms with Crippen LogP contribution in [0.25, 0.3) is 11.4 Å². The molecule has 11 heteroatoms. The lowest BCUT2D eigenvalue weighted by Crippen LogP contribution is -2.41. The molecule has 1 saturated heterocycles. The van der Waals surface area contributed by atoms with Crippen LogP contribution in [0.15, 0.2) is 29.1 Å². The van der Waals surface area contributed by atoms with Gasteiger partial charge in [-0.05, 0) is 12.1 Å². The second kappa shape index (κ2) is 9.81. The van der Waals surface area contributed by atoms with Crippen molar-refractivity contribution in [3.8, 4) is 11.4 Å². The topological polar surface area (TPSA) is 100 Å². The molecule has 1 aliphatic heterocycles. The highest BCUT2D eigenvalue weighted by atomic mass is 19.4. The second-order valence-electron chi connectivity index (χ2n) is 6.83. The molecule has 0 spiro atoms. The average Bonchev–Trinajstić information content (AvgIpc) is 2.73. The summed E-state index contributed by atoms with van der Waals surface area (Å²) < 4.78 is 43.2. The third kappa shape index (κ3) is 6.10. The number of carbonyl (C=O) groups is 1. The molecule has 3 rings (SSSR count). The van der Waals surface area contributed by atoms with E-state index in [4.69, 9.17) is 4.74 Å². The van der Waals surface area contributed by atoms with Gasteiger partial charge in [-0.3, -0.25) is 14.5 Å². The number of alkyl halides is 3. The molecule has 1 aliphatic rings. The number of amides is 1. The van der Waals surface area contributed by atoms with E-state index < -0.39 is 17.3 Å². The zero-order valence-electron chi connectivity index (χ0n) is 16.2. The summed E-state index contributed by atoms with van der Waals surface area (Å²) in [5.74, 6) is -0.135. The van der Waals surface area contributed by atoms with Gasteiger partial charge in [0.1, 0.15) is 5.69 Å². The van der Waals surface area contributed by atoms with Crippen LogP contribution in [-0.2, 0) is 22.1 Å². The fourth-order valence-corrected chi connectivity index (χ4v) is 2.97. The largest absolute Gasteiger partial charge is 0.416 e. The Balaban J connectivity index is 1.50. The van der Waals surface area contributed by atoms with Gasteiger partial charge in [-0.1, -0.05) is 12.1 Å². The predicted octanol–water partition coefficient (Wildman–Crippen LogP) is 1.23. The standard InChI is InChI=1S/C19H22F3N5O3/c20-19(21,22)14-3-1-13(2-4-14)17-24-18(29)15(25-26-17)5-6-16(28)23-7-8-27-9-11-30-12-10-27/h1-4H,5-12H2,(H,23,28)(H,24,26,29). The highest BCUT2D eigenvalue weighted by Gasteiger charge is 2.30. The van der Waals surface area contributed by atoms with E-state index in [0.29, 0.717) is 25.3 Å². The number of nitrogens with zero attached hydrogens (tertiary/aromatic N) is 3. The number of benzene rings is 1. The number of aryl methyl sites for hydroxylation is 1. The van der Waals surface area contributed by atoms with E-state index in [1.165, 1.54) is 12.1 Å². The normalized spacial score (nSPS) is 15.2. The minimum absolute atomic E-state index is 0.0624. The Labute approximate surface area is 170 Å². The third-order valence-corrected chi connectivity index (χ3v) is 4.69. The molecule has 1 fully saturated rings. The van der Waals surface area contributed by atoms with Crippen molar-refractivity contribution < 1.29 is 22.7 Å². The minimum atomic E-state index is -4.44. The van der Waals surface area contributed by atoms with Gasteiger partial charge < -0.3 is 15.0 Å². The van der Waals surface area contributed by atoms with Gasteiger partial charge in [-0.25, -0.2) is 0 Å². The molecule has 0 saturated carbocycles. The monoisotopic (exact) mass is 425 g/mol. The molecule has 2 heterocycles. The number of aromatic nitrogens is 3. The van der Waals surface area contributed by atoms with Crippen molar-refractivity contribution in [1.82, 2.24) is 25.4 Å². The lowest BCUT2D eigenvalue weighted by Gasteiger charge is -2.26. The van der Waals surface area contributed by atoms with Crippen LogP contribution in [0.4, 0.5) is 13.2 Å². The summed E-state index contributed by atoms with van der Waals surface area (Å²) in [6.07, 6.45) is -4.25. The molecular formula is C19H22F3N5O3. The van der Waals surface area contributed by atoms with Crippen molar-refractivity contribution in [1.29, 1.82) is 0 Å². The molecule has 0 atom stereocenters. The van der Waals surface area contributed by atoms with Gasteiger partial charge in [0.2, 0.25) is 5.91 Å². The Morgan fingerprint density at radius 2 is 1.87 bits per heavy atom. The van der Waals surface area contributed by atoms with Crippen LogP contribution in [0.1, 0.15) is 17.7 Å². The van der Waals surface area contributed by atoms with Crippen molar-refractivity contribution in [2.45, 2.75) is 19.0 Å². The van der Waals surface area contributed by atoms with Crippen LogP contribution in [0, 0.1) is 0 Å². The summed E-state index contributed by atoms with van der Waals surface area (Å²) in [6.45, 7) is 4.30. The molecule has 2 N–H and O–H groups in total. The van der Waals surface area contributed by atoms with Crippen LogP contribution in [0.3, 0.4) is 0 Å². The van der Waals surface area contributed by atoms with E-state index in [2.05, 4.69) is 25.4 Å². The lowest BCUT2D eigenvalue weighted by atomic mass is 10.1. The Bertz CT molecular complexity index is 909. The first-order chi connectivity index (χ1) is 14.3. The zero-order valence-corrected chi connectivity index (χ0v) is 16.2. The molecule has 1 aromatic heterocycles. The minimum Gasteiger partial charge on any atom is -0.379 e. The average molecular weight is 425 g/mol. The highest BCUT2D eigenvalue weighted by Crippen LogP contribution is 2.30. The Morgan fingerprint density at radius 1 is 1.17 bits per heavy atom. The number of ether oxygens (including phenoxy) is 1. The van der Waals surface area contributed by atoms with E-state index in [1.54, 1.807) is 0 Å². The predicted molar refractivity (Wildman–Crippen MR) is 102 cm³/mol. The summed E-state index contributed by atoms with van der Waals surface area (Å²) in [5, 5.41) is 10.5. The molecule has 0 bridgehead atoms. The fraction of sp³-hybridized carbons (Fsp3) is 0.474. The van der Waals surface area contributed by atoms with Gasteiger partial charge in [-0.15, -0.1) is 10.2 Å². The van der Waals surface area contributed by atoms with Gasteiger partial charge >= 0.3 is 6.18 Å². The maximum atomic E-state index is 12.6.